The number of halogens is 1. The van der Waals surface area contributed by atoms with E-state index in [1.165, 1.54) is 6.08 Å². The fraction of sp³-hybridized carbons (Fsp3) is 0.308. The average Bonchev–Trinajstić information content (AvgIpc) is 2.28. The van der Waals surface area contributed by atoms with Gasteiger partial charge >= 0.3 is 0 Å². The molecule has 0 aliphatic rings. The lowest BCUT2D eigenvalue weighted by molar-refractivity contribution is -0.116. The first kappa shape index (κ1) is 13.7. The molecule has 92 valence electrons. The van der Waals surface area contributed by atoms with Crippen LogP contribution < -0.4 is 5.32 Å². The van der Waals surface area contributed by atoms with Crippen molar-refractivity contribution in [2.45, 2.75) is 19.4 Å². The topological polar surface area (TPSA) is 49.3 Å². The van der Waals surface area contributed by atoms with E-state index < -0.39 is 6.10 Å². The molecule has 1 unspecified atom stereocenters. The van der Waals surface area contributed by atoms with E-state index in [0.717, 1.165) is 5.56 Å². The SMILES string of the molecule is CC(O)CCNC(=O)C=Cc1ccc(Cl)cc1. The predicted molar refractivity (Wildman–Crippen MR) is 69.8 cm³/mol. The molecule has 1 amide bonds. The lowest BCUT2D eigenvalue weighted by Crippen LogP contribution is -2.24. The molecule has 2 N–H and O–H groups in total. The van der Waals surface area contributed by atoms with Crippen LogP contribution in [0, 0.1) is 0 Å². The van der Waals surface area contributed by atoms with E-state index in [9.17, 15) is 4.79 Å². The largest absolute Gasteiger partial charge is 0.393 e. The van der Waals surface area contributed by atoms with Crippen molar-refractivity contribution in [1.82, 2.24) is 5.32 Å². The maximum Gasteiger partial charge on any atom is 0.244 e. The Hall–Kier alpha value is -1.32. The Morgan fingerprint density at radius 1 is 1.47 bits per heavy atom. The molecule has 0 heterocycles. The molecular formula is C13H16ClNO2. The first-order chi connectivity index (χ1) is 8.08. The quantitative estimate of drug-likeness (QED) is 0.791. The third-order valence-electron chi connectivity index (χ3n) is 2.16. The monoisotopic (exact) mass is 253 g/mol. The molecule has 1 atom stereocenters. The summed E-state index contributed by atoms with van der Waals surface area (Å²) in [7, 11) is 0. The second-order valence-electron chi connectivity index (χ2n) is 3.81. The van der Waals surface area contributed by atoms with Crippen molar-refractivity contribution >= 4 is 23.6 Å². The summed E-state index contributed by atoms with van der Waals surface area (Å²) in [5, 5.41) is 12.4. The molecule has 4 heteroatoms. The lowest BCUT2D eigenvalue weighted by atomic mass is 10.2. The van der Waals surface area contributed by atoms with Crippen LogP contribution in [-0.2, 0) is 4.79 Å². The molecule has 0 saturated carbocycles. The van der Waals surface area contributed by atoms with E-state index in [2.05, 4.69) is 5.32 Å². The molecule has 1 aromatic rings. The molecule has 0 radical (unpaired) electrons. The van der Waals surface area contributed by atoms with Crippen molar-refractivity contribution in [1.29, 1.82) is 0 Å². The van der Waals surface area contributed by atoms with Crippen LogP contribution in [0.25, 0.3) is 6.08 Å². The van der Waals surface area contributed by atoms with Crippen LogP contribution in [0.15, 0.2) is 30.3 Å². The van der Waals surface area contributed by atoms with Crippen LogP contribution >= 0.6 is 11.6 Å². The van der Waals surface area contributed by atoms with Crippen molar-refractivity contribution < 1.29 is 9.90 Å². The maximum absolute atomic E-state index is 11.4. The lowest BCUT2D eigenvalue weighted by Gasteiger charge is -2.03. The summed E-state index contributed by atoms with van der Waals surface area (Å²) < 4.78 is 0. The number of hydrogen-bond donors (Lipinski definition) is 2. The molecule has 3 nitrogen and oxygen atoms in total. The molecular weight excluding hydrogens is 238 g/mol. The smallest absolute Gasteiger partial charge is 0.244 e. The minimum absolute atomic E-state index is 0.166. The Bertz CT molecular complexity index is 385. The second-order valence-corrected chi connectivity index (χ2v) is 4.25. The number of aliphatic hydroxyl groups excluding tert-OH is 1. The number of carbonyl (C=O) groups is 1. The Morgan fingerprint density at radius 2 is 2.12 bits per heavy atom. The summed E-state index contributed by atoms with van der Waals surface area (Å²) in [6.07, 6.45) is 3.34. The number of benzene rings is 1. The van der Waals surface area contributed by atoms with Gasteiger partial charge in [0.2, 0.25) is 5.91 Å². The van der Waals surface area contributed by atoms with Gasteiger partial charge in [0.25, 0.3) is 0 Å². The summed E-state index contributed by atoms with van der Waals surface area (Å²) >= 11 is 5.75. The Labute approximate surface area is 106 Å². The number of amides is 1. The highest BCUT2D eigenvalue weighted by Gasteiger charge is 1.97. The first-order valence-electron chi connectivity index (χ1n) is 5.47. The molecule has 0 spiro atoms. The van der Waals surface area contributed by atoms with E-state index in [4.69, 9.17) is 16.7 Å². The van der Waals surface area contributed by atoms with E-state index in [1.54, 1.807) is 25.1 Å². The highest BCUT2D eigenvalue weighted by molar-refractivity contribution is 6.30. The number of rotatable bonds is 5. The molecule has 0 aliphatic heterocycles. The fourth-order valence-corrected chi connectivity index (χ4v) is 1.33. The van der Waals surface area contributed by atoms with Gasteiger partial charge in [-0.05, 0) is 37.1 Å². The van der Waals surface area contributed by atoms with Crippen LogP contribution in [0.1, 0.15) is 18.9 Å². The summed E-state index contributed by atoms with van der Waals surface area (Å²) in [6.45, 7) is 2.16. The number of carbonyl (C=O) groups excluding carboxylic acids is 1. The van der Waals surface area contributed by atoms with E-state index in [1.807, 2.05) is 12.1 Å². The van der Waals surface area contributed by atoms with E-state index >= 15 is 0 Å². The summed E-state index contributed by atoms with van der Waals surface area (Å²) in [5.74, 6) is -0.166. The zero-order valence-corrected chi connectivity index (χ0v) is 10.4. The van der Waals surface area contributed by atoms with E-state index in [0.29, 0.717) is 18.0 Å². The Balaban J connectivity index is 2.37. The minimum Gasteiger partial charge on any atom is -0.393 e. The molecule has 1 rings (SSSR count). The molecule has 0 bridgehead atoms. The van der Waals surface area contributed by atoms with E-state index in [-0.39, 0.29) is 5.91 Å². The number of hydrogen-bond acceptors (Lipinski definition) is 2. The molecule has 0 aliphatic carbocycles. The minimum atomic E-state index is -0.393. The zero-order valence-electron chi connectivity index (χ0n) is 9.69. The molecule has 0 saturated heterocycles. The number of nitrogens with one attached hydrogen (secondary N) is 1. The maximum atomic E-state index is 11.4. The standard InChI is InChI=1S/C13H16ClNO2/c1-10(16)8-9-15-13(17)7-4-11-2-5-12(14)6-3-11/h2-7,10,16H,8-9H2,1H3,(H,15,17). The summed E-state index contributed by atoms with van der Waals surface area (Å²) in [4.78, 5) is 11.4. The highest BCUT2D eigenvalue weighted by Crippen LogP contribution is 2.10. The molecule has 0 aromatic heterocycles. The van der Waals surface area contributed by atoms with Gasteiger partial charge in [-0.15, -0.1) is 0 Å². The van der Waals surface area contributed by atoms with Gasteiger partial charge < -0.3 is 10.4 Å². The van der Waals surface area contributed by atoms with Crippen LogP contribution in [0.4, 0.5) is 0 Å². The third-order valence-corrected chi connectivity index (χ3v) is 2.41. The second kappa shape index (κ2) is 7.09. The molecule has 17 heavy (non-hydrogen) atoms. The first-order valence-corrected chi connectivity index (χ1v) is 5.85. The van der Waals surface area contributed by atoms with Crippen molar-refractivity contribution in [3.63, 3.8) is 0 Å². The summed E-state index contributed by atoms with van der Waals surface area (Å²) in [5.41, 5.74) is 0.917. The molecule has 1 aromatic carbocycles. The van der Waals surface area contributed by atoms with Gasteiger partial charge in [0.05, 0.1) is 6.10 Å². The van der Waals surface area contributed by atoms with Crippen molar-refractivity contribution in [2.75, 3.05) is 6.54 Å². The number of aliphatic hydroxyl groups is 1. The third kappa shape index (κ3) is 6.09. The van der Waals surface area contributed by atoms with Gasteiger partial charge in [-0.25, -0.2) is 0 Å². The zero-order chi connectivity index (χ0) is 12.7. The van der Waals surface area contributed by atoms with Gasteiger partial charge in [-0.3, -0.25) is 4.79 Å². The van der Waals surface area contributed by atoms with Crippen LogP contribution in [0.3, 0.4) is 0 Å². The van der Waals surface area contributed by atoms with Crippen molar-refractivity contribution in [3.05, 3.63) is 40.9 Å². The van der Waals surface area contributed by atoms with Gasteiger partial charge in [0, 0.05) is 17.6 Å². The Kier molecular flexibility index (Phi) is 5.73. The average molecular weight is 254 g/mol. The van der Waals surface area contributed by atoms with Gasteiger partial charge in [0.1, 0.15) is 0 Å². The predicted octanol–water partition coefficient (Wildman–Crippen LogP) is 2.24. The normalized spacial score (nSPS) is 12.6. The van der Waals surface area contributed by atoms with Gasteiger partial charge in [0.15, 0.2) is 0 Å². The fourth-order valence-electron chi connectivity index (χ4n) is 1.21. The van der Waals surface area contributed by atoms with Crippen molar-refractivity contribution in [3.8, 4) is 0 Å². The van der Waals surface area contributed by atoms with Crippen LogP contribution in [-0.4, -0.2) is 23.7 Å². The summed E-state index contributed by atoms with van der Waals surface area (Å²) in [6, 6.07) is 7.21. The van der Waals surface area contributed by atoms with Gasteiger partial charge in [-0.2, -0.15) is 0 Å². The van der Waals surface area contributed by atoms with Gasteiger partial charge in [-0.1, -0.05) is 23.7 Å². The van der Waals surface area contributed by atoms with Crippen LogP contribution in [0.2, 0.25) is 5.02 Å². The van der Waals surface area contributed by atoms with Crippen molar-refractivity contribution in [2.24, 2.45) is 0 Å². The van der Waals surface area contributed by atoms with Crippen LogP contribution in [0.5, 0.6) is 0 Å². The highest BCUT2D eigenvalue weighted by atomic mass is 35.5. The molecule has 0 fully saturated rings. The Morgan fingerprint density at radius 3 is 2.71 bits per heavy atom.